The first-order valence-electron chi connectivity index (χ1n) is 15.7. The summed E-state index contributed by atoms with van der Waals surface area (Å²) < 4.78 is 125. The van der Waals surface area contributed by atoms with Crippen molar-refractivity contribution in [3.63, 3.8) is 0 Å². The van der Waals surface area contributed by atoms with Crippen molar-refractivity contribution in [1.82, 2.24) is 4.90 Å². The minimum absolute atomic E-state index is 0.0278. The number of aryl methyl sites for hydroxylation is 2. The number of benzene rings is 2. The van der Waals surface area contributed by atoms with E-state index in [1.54, 1.807) is 17.0 Å². The van der Waals surface area contributed by atoms with Crippen LogP contribution >= 0.6 is 0 Å². The summed E-state index contributed by atoms with van der Waals surface area (Å²) in [4.78, 5) is 27.3. The summed E-state index contributed by atoms with van der Waals surface area (Å²) in [6.45, 7) is 1.88. The molecule has 4 aliphatic rings. The highest BCUT2D eigenvalue weighted by Crippen LogP contribution is 2.66. The lowest BCUT2D eigenvalue weighted by Crippen LogP contribution is -2.54. The van der Waals surface area contributed by atoms with Crippen LogP contribution in [0.15, 0.2) is 47.4 Å². The maximum Gasteiger partial charge on any atom is 0.435 e. The van der Waals surface area contributed by atoms with Crippen molar-refractivity contribution in [2.45, 2.75) is 110 Å². The van der Waals surface area contributed by atoms with Gasteiger partial charge >= 0.3 is 24.0 Å². The van der Waals surface area contributed by atoms with Gasteiger partial charge in [-0.15, -0.1) is 0 Å². The number of rotatable bonds is 6. The van der Waals surface area contributed by atoms with Gasteiger partial charge in [0.05, 0.1) is 16.9 Å². The van der Waals surface area contributed by atoms with E-state index in [1.165, 1.54) is 12.1 Å². The Morgan fingerprint density at radius 2 is 1.45 bits per heavy atom. The summed E-state index contributed by atoms with van der Waals surface area (Å²) in [5.41, 5.74) is -7.60. The van der Waals surface area contributed by atoms with Crippen LogP contribution in [0.4, 0.5) is 30.7 Å². The summed E-state index contributed by atoms with van der Waals surface area (Å²) >= 11 is 0. The molecule has 0 bridgehead atoms. The quantitative estimate of drug-likeness (QED) is 0.325. The van der Waals surface area contributed by atoms with Crippen LogP contribution < -0.4 is 0 Å². The number of carbonyl (C=O) groups is 2. The molecule has 47 heavy (non-hydrogen) atoms. The van der Waals surface area contributed by atoms with Crippen LogP contribution in [-0.4, -0.2) is 54.2 Å². The number of aliphatic carboxylic acids is 1. The molecule has 1 N–H and O–H groups in total. The number of amides is 1. The lowest BCUT2D eigenvalue weighted by Gasteiger charge is -2.44. The minimum atomic E-state index is -6.34. The minimum Gasteiger partial charge on any atom is -0.481 e. The number of fused-ring (bicyclic) bond motifs is 3. The fraction of sp³-hybridized carbons (Fsp3) is 0.576. The number of likely N-dealkylation sites (tertiary alicyclic amines) is 1. The van der Waals surface area contributed by atoms with Gasteiger partial charge in [-0.3, -0.25) is 9.59 Å². The standard InChI is InChI=1S/C33H34F7NO5S/c1-2-19-3-11-24(12-4-19)47(45,46)30-18-29(15-16-29)41(27(42)20-5-7-21(8-6-20)28(43)44)26(30)14-9-22-17-23(10-13-25(22)30)31(34,32(35,36)37)33(38,39)40/h3-4,10-13,17,20-21,26H,2,5-9,14-16,18H2,1H3,(H,43,44). The Balaban J connectivity index is 1.51. The van der Waals surface area contributed by atoms with E-state index < -0.39 is 67.6 Å². The molecule has 6 nitrogen and oxygen atoms in total. The van der Waals surface area contributed by atoms with Gasteiger partial charge in [-0.1, -0.05) is 37.3 Å². The third-order valence-electron chi connectivity index (χ3n) is 11.0. The van der Waals surface area contributed by atoms with E-state index in [2.05, 4.69) is 0 Å². The Bertz CT molecular complexity index is 1680. The van der Waals surface area contributed by atoms with Gasteiger partial charge in [0.15, 0.2) is 9.84 Å². The maximum atomic E-state index is 15.2. The monoisotopic (exact) mass is 689 g/mol. The number of alkyl halides is 7. The Morgan fingerprint density at radius 1 is 0.872 bits per heavy atom. The van der Waals surface area contributed by atoms with Gasteiger partial charge in [-0.2, -0.15) is 26.3 Å². The molecule has 2 unspecified atom stereocenters. The van der Waals surface area contributed by atoms with Crippen molar-refractivity contribution in [2.75, 3.05) is 0 Å². The molecule has 1 aliphatic heterocycles. The number of hydrogen-bond donors (Lipinski definition) is 1. The van der Waals surface area contributed by atoms with Gasteiger partial charge in [0.2, 0.25) is 5.91 Å². The average molecular weight is 690 g/mol. The van der Waals surface area contributed by atoms with Gasteiger partial charge in [-0.25, -0.2) is 12.8 Å². The molecule has 1 heterocycles. The van der Waals surface area contributed by atoms with Crippen LogP contribution in [0.25, 0.3) is 0 Å². The largest absolute Gasteiger partial charge is 0.481 e. The molecule has 1 amide bonds. The molecule has 0 aromatic heterocycles. The number of hydrogen-bond acceptors (Lipinski definition) is 4. The fourth-order valence-corrected chi connectivity index (χ4v) is 10.8. The van der Waals surface area contributed by atoms with Gasteiger partial charge in [-0.05, 0) is 93.0 Å². The molecule has 2 aromatic carbocycles. The highest BCUT2D eigenvalue weighted by molar-refractivity contribution is 7.92. The second kappa shape index (κ2) is 10.9. The first-order chi connectivity index (χ1) is 21.8. The summed E-state index contributed by atoms with van der Waals surface area (Å²) in [5, 5.41) is 9.43. The Labute approximate surface area is 267 Å². The molecule has 2 saturated carbocycles. The fourth-order valence-electron chi connectivity index (χ4n) is 8.34. The molecular weight excluding hydrogens is 655 g/mol. The average Bonchev–Trinajstić information content (AvgIpc) is 3.71. The Kier molecular flexibility index (Phi) is 7.84. The number of sulfone groups is 1. The topological polar surface area (TPSA) is 91.8 Å². The molecule has 1 saturated heterocycles. The third kappa shape index (κ3) is 4.89. The molecule has 6 rings (SSSR count). The van der Waals surface area contributed by atoms with Gasteiger partial charge in [0.25, 0.3) is 0 Å². The summed E-state index contributed by atoms with van der Waals surface area (Å²) in [5.74, 6) is -2.41. The molecule has 256 valence electrons. The van der Waals surface area contributed by atoms with E-state index in [-0.39, 0.29) is 54.0 Å². The van der Waals surface area contributed by atoms with E-state index in [9.17, 15) is 49.5 Å². The smallest absolute Gasteiger partial charge is 0.435 e. The van der Waals surface area contributed by atoms with Crippen molar-refractivity contribution in [3.8, 4) is 0 Å². The summed E-state index contributed by atoms with van der Waals surface area (Å²) in [7, 11) is -4.46. The predicted molar refractivity (Wildman–Crippen MR) is 155 cm³/mol. The van der Waals surface area contributed by atoms with E-state index in [0.717, 1.165) is 11.6 Å². The highest BCUT2D eigenvalue weighted by atomic mass is 32.2. The molecule has 1 spiro atoms. The van der Waals surface area contributed by atoms with Crippen LogP contribution in [0.5, 0.6) is 0 Å². The zero-order chi connectivity index (χ0) is 34.4. The van der Waals surface area contributed by atoms with Gasteiger partial charge in [0.1, 0.15) is 4.75 Å². The maximum absolute atomic E-state index is 15.2. The summed E-state index contributed by atoms with van der Waals surface area (Å²) in [6.07, 6.45) is -10.4. The second-order valence-electron chi connectivity index (χ2n) is 13.5. The molecule has 3 fully saturated rings. The normalized spacial score (nSPS) is 27.3. The summed E-state index contributed by atoms with van der Waals surface area (Å²) in [6, 6.07) is 6.83. The molecule has 0 radical (unpaired) electrons. The van der Waals surface area contributed by atoms with Crippen molar-refractivity contribution < 1.29 is 53.8 Å². The molecule has 3 aliphatic carbocycles. The number of nitrogens with zero attached hydrogens (tertiary/aromatic N) is 1. The zero-order valence-corrected chi connectivity index (χ0v) is 26.2. The highest BCUT2D eigenvalue weighted by Gasteiger charge is 2.75. The van der Waals surface area contributed by atoms with E-state index in [4.69, 9.17) is 0 Å². The van der Waals surface area contributed by atoms with Crippen LogP contribution in [0.1, 0.15) is 80.5 Å². The number of carboxylic acids is 1. The number of halogens is 7. The van der Waals surface area contributed by atoms with E-state index in [0.29, 0.717) is 44.2 Å². The van der Waals surface area contributed by atoms with Crippen LogP contribution in [-0.2, 0) is 42.7 Å². The second-order valence-corrected chi connectivity index (χ2v) is 15.7. The molecular formula is C33H34F7NO5S. The zero-order valence-electron chi connectivity index (χ0n) is 25.4. The first-order valence-corrected chi connectivity index (χ1v) is 17.2. The Morgan fingerprint density at radius 3 is 1.96 bits per heavy atom. The van der Waals surface area contributed by atoms with Crippen molar-refractivity contribution in [2.24, 2.45) is 11.8 Å². The van der Waals surface area contributed by atoms with Gasteiger partial charge in [0, 0.05) is 17.0 Å². The Hall–Kier alpha value is -3.16. The van der Waals surface area contributed by atoms with Crippen molar-refractivity contribution in [1.29, 1.82) is 0 Å². The van der Waals surface area contributed by atoms with Crippen molar-refractivity contribution in [3.05, 3.63) is 64.7 Å². The van der Waals surface area contributed by atoms with E-state index in [1.807, 2.05) is 6.92 Å². The van der Waals surface area contributed by atoms with Crippen LogP contribution in [0.2, 0.25) is 0 Å². The van der Waals surface area contributed by atoms with Gasteiger partial charge < -0.3 is 10.0 Å². The lowest BCUT2D eigenvalue weighted by molar-refractivity contribution is -0.348. The lowest BCUT2D eigenvalue weighted by atomic mass is 9.76. The van der Waals surface area contributed by atoms with E-state index >= 15 is 4.39 Å². The molecule has 2 aromatic rings. The molecule has 2 atom stereocenters. The third-order valence-corrected chi connectivity index (χ3v) is 13.5. The first kappa shape index (κ1) is 33.7. The number of carboxylic acid groups (broad SMARTS) is 1. The number of carbonyl (C=O) groups excluding carboxylic acids is 1. The van der Waals surface area contributed by atoms with Crippen LogP contribution in [0, 0.1) is 11.8 Å². The van der Waals surface area contributed by atoms with Crippen molar-refractivity contribution >= 4 is 21.7 Å². The molecule has 14 heteroatoms. The SMILES string of the molecule is CCc1ccc(S(=O)(=O)C23CC4(CC4)N(C(=O)C4CCC(C(=O)O)CC4)C2CCc2cc(C(F)(C(F)(F)F)C(F)(F)F)ccc23)cc1. The predicted octanol–water partition coefficient (Wildman–Crippen LogP) is 7.18. The van der Waals surface area contributed by atoms with Crippen LogP contribution in [0.3, 0.4) is 0 Å².